The number of rotatable bonds is 5. The van der Waals surface area contributed by atoms with Crippen molar-refractivity contribution >= 4 is 17.8 Å². The van der Waals surface area contributed by atoms with Crippen molar-refractivity contribution in [1.29, 1.82) is 0 Å². The molecule has 0 spiro atoms. The molecule has 23 heavy (non-hydrogen) atoms. The molecule has 124 valence electrons. The average Bonchev–Trinajstić information content (AvgIpc) is 3.05. The Kier molecular flexibility index (Phi) is 6.14. The van der Waals surface area contributed by atoms with Crippen LogP contribution in [0.5, 0.6) is 0 Å². The highest BCUT2D eigenvalue weighted by Crippen LogP contribution is 2.27. The van der Waals surface area contributed by atoms with Crippen molar-refractivity contribution in [3.05, 3.63) is 35.9 Å². The molecule has 0 aliphatic heterocycles. The van der Waals surface area contributed by atoms with Crippen LogP contribution in [0, 0.1) is 5.92 Å². The number of hydrogen-bond acceptors (Lipinski definition) is 4. The molecule has 0 unspecified atom stereocenters. The summed E-state index contributed by atoms with van der Waals surface area (Å²) in [6.07, 6.45) is 3.80. The number of esters is 1. The number of carbonyl (C=O) groups excluding carboxylic acids is 3. The van der Waals surface area contributed by atoms with Gasteiger partial charge in [0.1, 0.15) is 0 Å². The first kappa shape index (κ1) is 17.0. The van der Waals surface area contributed by atoms with E-state index in [4.69, 9.17) is 4.74 Å². The molecule has 0 aromatic heterocycles. The third-order valence-electron chi connectivity index (χ3n) is 3.94. The molecule has 2 amide bonds. The van der Waals surface area contributed by atoms with Crippen molar-refractivity contribution in [3.63, 3.8) is 0 Å². The smallest absolute Gasteiger partial charge is 0.306 e. The van der Waals surface area contributed by atoms with Gasteiger partial charge in [-0.05, 0) is 37.8 Å². The van der Waals surface area contributed by atoms with Gasteiger partial charge >= 0.3 is 5.97 Å². The molecular formula is C17H22N2O4. The van der Waals surface area contributed by atoms with Gasteiger partial charge in [0.25, 0.3) is 11.8 Å². The molecule has 2 N–H and O–H groups in total. The van der Waals surface area contributed by atoms with Crippen LogP contribution in [0.2, 0.25) is 0 Å². The van der Waals surface area contributed by atoms with Gasteiger partial charge in [-0.15, -0.1) is 0 Å². The van der Waals surface area contributed by atoms with Gasteiger partial charge in [-0.3, -0.25) is 25.2 Å². The standard InChI is InChI=1S/C17H22N2O4/c1-12(23-15(20)11-13-7-5-6-8-13)16(21)18-19-17(22)14-9-3-2-4-10-14/h2-4,9-10,12-13H,5-8,11H2,1H3,(H,18,21)(H,19,22)/t12-/m1/s1. The molecule has 6 nitrogen and oxygen atoms in total. The summed E-state index contributed by atoms with van der Waals surface area (Å²) in [4.78, 5) is 35.4. The Hall–Kier alpha value is -2.37. The van der Waals surface area contributed by atoms with Gasteiger partial charge in [0.15, 0.2) is 6.10 Å². The van der Waals surface area contributed by atoms with Gasteiger partial charge in [0.05, 0.1) is 0 Å². The molecule has 1 fully saturated rings. The topological polar surface area (TPSA) is 84.5 Å². The van der Waals surface area contributed by atoms with Crippen molar-refractivity contribution in [2.24, 2.45) is 5.92 Å². The Balaban J connectivity index is 1.72. The van der Waals surface area contributed by atoms with Gasteiger partial charge in [-0.1, -0.05) is 31.0 Å². The highest BCUT2D eigenvalue weighted by atomic mass is 16.5. The molecule has 1 aliphatic carbocycles. The molecule has 1 saturated carbocycles. The highest BCUT2D eigenvalue weighted by Gasteiger charge is 2.23. The van der Waals surface area contributed by atoms with Gasteiger partial charge in [-0.25, -0.2) is 0 Å². The van der Waals surface area contributed by atoms with E-state index in [1.165, 1.54) is 6.92 Å². The van der Waals surface area contributed by atoms with Gasteiger partial charge in [0.2, 0.25) is 0 Å². The predicted molar refractivity (Wildman–Crippen MR) is 84.2 cm³/mol. The summed E-state index contributed by atoms with van der Waals surface area (Å²) in [7, 11) is 0. The van der Waals surface area contributed by atoms with E-state index >= 15 is 0 Å². The minimum Gasteiger partial charge on any atom is -0.452 e. The van der Waals surface area contributed by atoms with Crippen LogP contribution in [-0.4, -0.2) is 23.9 Å². The fourth-order valence-electron chi connectivity index (χ4n) is 2.63. The molecule has 0 saturated heterocycles. The third-order valence-corrected chi connectivity index (χ3v) is 3.94. The highest BCUT2D eigenvalue weighted by molar-refractivity contribution is 5.95. The lowest BCUT2D eigenvalue weighted by molar-refractivity contribution is -0.155. The summed E-state index contributed by atoms with van der Waals surface area (Å²) in [6.45, 7) is 1.48. The quantitative estimate of drug-likeness (QED) is 0.642. The molecule has 0 radical (unpaired) electrons. The van der Waals surface area contributed by atoms with Gasteiger partial charge < -0.3 is 4.74 Å². The van der Waals surface area contributed by atoms with E-state index in [2.05, 4.69) is 10.9 Å². The molecular weight excluding hydrogens is 296 g/mol. The number of hydrazine groups is 1. The first-order valence-corrected chi connectivity index (χ1v) is 7.91. The summed E-state index contributed by atoms with van der Waals surface area (Å²) >= 11 is 0. The number of nitrogens with one attached hydrogen (secondary N) is 2. The molecule has 1 aliphatic rings. The molecule has 1 aromatic rings. The first-order valence-electron chi connectivity index (χ1n) is 7.91. The van der Waals surface area contributed by atoms with E-state index in [9.17, 15) is 14.4 Å². The fraction of sp³-hybridized carbons (Fsp3) is 0.471. The van der Waals surface area contributed by atoms with E-state index < -0.39 is 17.9 Å². The second-order valence-corrected chi connectivity index (χ2v) is 5.80. The van der Waals surface area contributed by atoms with Crippen LogP contribution < -0.4 is 10.9 Å². The monoisotopic (exact) mass is 318 g/mol. The number of benzene rings is 1. The number of hydrogen-bond donors (Lipinski definition) is 2. The maximum absolute atomic E-state index is 11.8. The Morgan fingerprint density at radius 1 is 1.13 bits per heavy atom. The number of amides is 2. The number of carbonyl (C=O) groups is 3. The van der Waals surface area contributed by atoms with E-state index in [0.717, 1.165) is 25.7 Å². The van der Waals surface area contributed by atoms with Crippen molar-refractivity contribution in [3.8, 4) is 0 Å². The maximum atomic E-state index is 11.8. The fourth-order valence-corrected chi connectivity index (χ4v) is 2.63. The van der Waals surface area contributed by atoms with Crippen LogP contribution in [0.3, 0.4) is 0 Å². The second kappa shape index (κ2) is 8.31. The van der Waals surface area contributed by atoms with Crippen LogP contribution in [0.4, 0.5) is 0 Å². The van der Waals surface area contributed by atoms with Crippen molar-refractivity contribution in [1.82, 2.24) is 10.9 Å². The first-order chi connectivity index (χ1) is 11.1. The zero-order valence-electron chi connectivity index (χ0n) is 13.2. The maximum Gasteiger partial charge on any atom is 0.306 e. The Morgan fingerprint density at radius 3 is 2.43 bits per heavy atom. The molecule has 2 rings (SSSR count). The van der Waals surface area contributed by atoms with Gasteiger partial charge in [-0.2, -0.15) is 0 Å². The van der Waals surface area contributed by atoms with Crippen molar-refractivity contribution < 1.29 is 19.1 Å². The zero-order valence-corrected chi connectivity index (χ0v) is 13.2. The molecule has 1 aromatic carbocycles. The van der Waals surface area contributed by atoms with Crippen LogP contribution in [0.1, 0.15) is 49.4 Å². The van der Waals surface area contributed by atoms with Crippen molar-refractivity contribution in [2.45, 2.75) is 45.1 Å². The van der Waals surface area contributed by atoms with Crippen LogP contribution in [0.25, 0.3) is 0 Å². The molecule has 0 bridgehead atoms. The SMILES string of the molecule is C[C@@H](OC(=O)CC1CCCC1)C(=O)NNC(=O)c1ccccc1. The summed E-state index contributed by atoms with van der Waals surface area (Å²) < 4.78 is 5.11. The lowest BCUT2D eigenvalue weighted by atomic mass is 10.0. The molecule has 1 atom stereocenters. The minimum absolute atomic E-state index is 0.355. The molecule has 0 heterocycles. The lowest BCUT2D eigenvalue weighted by Crippen LogP contribution is -2.46. The number of ether oxygens (including phenoxy) is 1. The summed E-state index contributed by atoms with van der Waals surface area (Å²) in [5, 5.41) is 0. The zero-order chi connectivity index (χ0) is 16.7. The Labute approximate surface area is 135 Å². The molecule has 6 heteroatoms. The van der Waals surface area contributed by atoms with Crippen molar-refractivity contribution in [2.75, 3.05) is 0 Å². The van der Waals surface area contributed by atoms with Crippen LogP contribution in [-0.2, 0) is 14.3 Å². The second-order valence-electron chi connectivity index (χ2n) is 5.80. The van der Waals surface area contributed by atoms with E-state index in [1.807, 2.05) is 0 Å². The summed E-state index contributed by atoms with van der Waals surface area (Å²) in [5.74, 6) is -0.984. The summed E-state index contributed by atoms with van der Waals surface area (Å²) in [6, 6.07) is 8.51. The minimum atomic E-state index is -0.944. The van der Waals surface area contributed by atoms with Crippen LogP contribution in [0.15, 0.2) is 30.3 Å². The average molecular weight is 318 g/mol. The Bertz CT molecular complexity index is 553. The van der Waals surface area contributed by atoms with E-state index in [-0.39, 0.29) is 5.97 Å². The largest absolute Gasteiger partial charge is 0.452 e. The lowest BCUT2D eigenvalue weighted by Gasteiger charge is -2.15. The van der Waals surface area contributed by atoms with E-state index in [1.54, 1.807) is 30.3 Å². The predicted octanol–water partition coefficient (Wildman–Crippen LogP) is 1.96. The van der Waals surface area contributed by atoms with E-state index in [0.29, 0.717) is 17.9 Å². The normalized spacial score (nSPS) is 15.7. The third kappa shape index (κ3) is 5.39. The summed E-state index contributed by atoms with van der Waals surface area (Å²) in [5.41, 5.74) is 4.99. The Morgan fingerprint density at radius 2 is 1.78 bits per heavy atom. The van der Waals surface area contributed by atoms with Gasteiger partial charge in [0, 0.05) is 12.0 Å². The van der Waals surface area contributed by atoms with Crippen LogP contribution >= 0.6 is 0 Å².